The molecule has 0 saturated carbocycles. The highest BCUT2D eigenvalue weighted by Gasteiger charge is 2.19. The second kappa shape index (κ2) is 5.95. The van der Waals surface area contributed by atoms with Crippen LogP contribution < -0.4 is 8.92 Å². The normalized spacial score (nSPS) is 11.2. The molecule has 0 saturated heterocycles. The summed E-state index contributed by atoms with van der Waals surface area (Å²) in [4.78, 5) is -0.0104. The second-order valence-corrected chi connectivity index (χ2v) is 6.56. The van der Waals surface area contributed by atoms with Crippen LogP contribution in [0.25, 0.3) is 0 Å². The molecule has 0 N–H and O–H groups in total. The van der Waals surface area contributed by atoms with Gasteiger partial charge in [-0.15, -0.1) is 0 Å². The number of halogens is 1. The van der Waals surface area contributed by atoms with Crippen molar-refractivity contribution >= 4 is 21.7 Å². The summed E-state index contributed by atoms with van der Waals surface area (Å²) in [5.41, 5.74) is 1.78. The first-order chi connectivity index (χ1) is 9.83. The van der Waals surface area contributed by atoms with Gasteiger partial charge in [0, 0.05) is 6.07 Å². The lowest BCUT2D eigenvalue weighted by Crippen LogP contribution is -2.10. The minimum atomic E-state index is -3.94. The zero-order valence-electron chi connectivity index (χ0n) is 11.9. The number of hydrogen-bond acceptors (Lipinski definition) is 4. The lowest BCUT2D eigenvalue weighted by atomic mass is 10.1. The van der Waals surface area contributed by atoms with E-state index in [0.29, 0.717) is 10.8 Å². The van der Waals surface area contributed by atoms with Crippen LogP contribution in [0.15, 0.2) is 41.3 Å². The molecule has 2 aromatic rings. The van der Waals surface area contributed by atoms with Gasteiger partial charge in [-0.2, -0.15) is 8.42 Å². The molecule has 2 rings (SSSR count). The smallest absolute Gasteiger partial charge is 0.339 e. The van der Waals surface area contributed by atoms with E-state index in [4.69, 9.17) is 20.5 Å². The molecule has 2 aromatic carbocycles. The standard InChI is InChI=1S/C15H15ClO4S/c1-10-4-7-14(11(2)8-10)20-21(17,18)12-5-6-13(16)15(9-12)19-3/h4-9H,1-3H3. The molecule has 6 heteroatoms. The number of ether oxygens (including phenoxy) is 1. The molecule has 0 radical (unpaired) electrons. The van der Waals surface area contributed by atoms with Crippen molar-refractivity contribution in [1.29, 1.82) is 0 Å². The van der Waals surface area contributed by atoms with E-state index < -0.39 is 10.1 Å². The lowest BCUT2D eigenvalue weighted by Gasteiger charge is -2.11. The first kappa shape index (κ1) is 15.7. The van der Waals surface area contributed by atoms with Gasteiger partial charge < -0.3 is 8.92 Å². The summed E-state index contributed by atoms with van der Waals surface area (Å²) in [7, 11) is -2.52. The number of hydrogen-bond donors (Lipinski definition) is 0. The molecular formula is C15H15ClO4S. The molecule has 112 valence electrons. The third-order valence-electron chi connectivity index (χ3n) is 2.94. The quantitative estimate of drug-likeness (QED) is 0.803. The highest BCUT2D eigenvalue weighted by molar-refractivity contribution is 7.87. The van der Waals surface area contributed by atoms with Crippen molar-refractivity contribution in [3.05, 3.63) is 52.5 Å². The number of aryl methyl sites for hydroxylation is 2. The Bertz CT molecular complexity index is 769. The maximum Gasteiger partial charge on any atom is 0.339 e. The Morgan fingerprint density at radius 1 is 1.00 bits per heavy atom. The van der Waals surface area contributed by atoms with E-state index in [1.54, 1.807) is 19.1 Å². The molecule has 0 bridgehead atoms. The van der Waals surface area contributed by atoms with E-state index >= 15 is 0 Å². The largest absolute Gasteiger partial charge is 0.495 e. The van der Waals surface area contributed by atoms with Crippen LogP contribution in [-0.2, 0) is 10.1 Å². The fourth-order valence-electron chi connectivity index (χ4n) is 1.85. The fraction of sp³-hybridized carbons (Fsp3) is 0.200. The molecule has 0 aliphatic heterocycles. The SMILES string of the molecule is COc1cc(S(=O)(=O)Oc2ccc(C)cc2C)ccc1Cl. The van der Waals surface area contributed by atoms with Crippen molar-refractivity contribution in [2.75, 3.05) is 7.11 Å². The van der Waals surface area contributed by atoms with Gasteiger partial charge in [-0.1, -0.05) is 29.3 Å². The molecule has 0 aliphatic carbocycles. The van der Waals surface area contributed by atoms with Crippen molar-refractivity contribution in [3.63, 3.8) is 0 Å². The third-order valence-corrected chi connectivity index (χ3v) is 4.48. The lowest BCUT2D eigenvalue weighted by molar-refractivity contribution is 0.413. The Labute approximate surface area is 129 Å². The summed E-state index contributed by atoms with van der Waals surface area (Å²) in [6, 6.07) is 9.45. The molecule has 0 spiro atoms. The summed E-state index contributed by atoms with van der Waals surface area (Å²) in [5, 5.41) is 0.336. The van der Waals surface area contributed by atoms with Gasteiger partial charge in [0.2, 0.25) is 0 Å². The Hall–Kier alpha value is -1.72. The minimum Gasteiger partial charge on any atom is -0.495 e. The Balaban J connectivity index is 2.38. The van der Waals surface area contributed by atoms with Crippen LogP contribution in [-0.4, -0.2) is 15.5 Å². The van der Waals surface area contributed by atoms with Gasteiger partial charge in [-0.25, -0.2) is 0 Å². The van der Waals surface area contributed by atoms with E-state index in [0.717, 1.165) is 11.1 Å². The number of rotatable bonds is 4. The van der Waals surface area contributed by atoms with Crippen LogP contribution in [0.5, 0.6) is 11.5 Å². The first-order valence-corrected chi connectivity index (χ1v) is 7.97. The van der Waals surface area contributed by atoms with E-state index in [-0.39, 0.29) is 10.6 Å². The van der Waals surface area contributed by atoms with Crippen LogP contribution in [0.1, 0.15) is 11.1 Å². The van der Waals surface area contributed by atoms with E-state index in [9.17, 15) is 8.42 Å². The predicted octanol–water partition coefficient (Wildman–Crippen LogP) is 3.73. The summed E-state index contributed by atoms with van der Waals surface area (Å²) >= 11 is 5.89. The minimum absolute atomic E-state index is 0.0104. The monoisotopic (exact) mass is 326 g/mol. The molecule has 0 unspecified atom stereocenters. The second-order valence-electron chi connectivity index (χ2n) is 4.60. The van der Waals surface area contributed by atoms with Crippen molar-refractivity contribution in [2.45, 2.75) is 18.7 Å². The van der Waals surface area contributed by atoms with Gasteiger partial charge in [-0.05, 0) is 37.6 Å². The van der Waals surface area contributed by atoms with Gasteiger partial charge in [0.15, 0.2) is 0 Å². The predicted molar refractivity (Wildman–Crippen MR) is 81.7 cm³/mol. The van der Waals surface area contributed by atoms with Gasteiger partial charge in [0.25, 0.3) is 0 Å². The Morgan fingerprint density at radius 2 is 1.71 bits per heavy atom. The Morgan fingerprint density at radius 3 is 2.33 bits per heavy atom. The van der Waals surface area contributed by atoms with Crippen molar-refractivity contribution in [1.82, 2.24) is 0 Å². The number of methoxy groups -OCH3 is 1. The highest BCUT2D eigenvalue weighted by Crippen LogP contribution is 2.29. The molecule has 21 heavy (non-hydrogen) atoms. The van der Waals surface area contributed by atoms with Crippen LogP contribution in [0, 0.1) is 13.8 Å². The van der Waals surface area contributed by atoms with E-state index in [2.05, 4.69) is 0 Å². The van der Waals surface area contributed by atoms with Crippen LogP contribution in [0.4, 0.5) is 0 Å². The highest BCUT2D eigenvalue weighted by atomic mass is 35.5. The molecular weight excluding hydrogens is 312 g/mol. The first-order valence-electron chi connectivity index (χ1n) is 6.19. The topological polar surface area (TPSA) is 52.6 Å². The Kier molecular flexibility index (Phi) is 4.44. The maximum absolute atomic E-state index is 12.3. The average Bonchev–Trinajstić information content (AvgIpc) is 2.42. The average molecular weight is 327 g/mol. The molecule has 4 nitrogen and oxygen atoms in total. The van der Waals surface area contributed by atoms with Gasteiger partial charge in [-0.3, -0.25) is 0 Å². The van der Waals surface area contributed by atoms with Crippen molar-refractivity contribution in [2.24, 2.45) is 0 Å². The van der Waals surface area contributed by atoms with Gasteiger partial charge in [0.1, 0.15) is 16.4 Å². The van der Waals surface area contributed by atoms with Crippen molar-refractivity contribution in [3.8, 4) is 11.5 Å². The number of benzene rings is 2. The molecule has 0 fully saturated rings. The summed E-state index contributed by atoms with van der Waals surface area (Å²) < 4.78 is 34.8. The van der Waals surface area contributed by atoms with Crippen molar-refractivity contribution < 1.29 is 17.3 Å². The van der Waals surface area contributed by atoms with E-state index in [1.165, 1.54) is 25.3 Å². The zero-order chi connectivity index (χ0) is 15.6. The fourth-order valence-corrected chi connectivity index (χ4v) is 3.06. The van der Waals surface area contributed by atoms with Gasteiger partial charge >= 0.3 is 10.1 Å². The van der Waals surface area contributed by atoms with Crippen LogP contribution >= 0.6 is 11.6 Å². The summed E-state index contributed by atoms with van der Waals surface area (Å²) in [6.07, 6.45) is 0. The molecule has 0 aromatic heterocycles. The molecule has 0 amide bonds. The van der Waals surface area contributed by atoms with Crippen LogP contribution in [0.3, 0.4) is 0 Å². The van der Waals surface area contributed by atoms with E-state index in [1.807, 2.05) is 13.0 Å². The maximum atomic E-state index is 12.3. The molecule has 0 aliphatic rings. The zero-order valence-corrected chi connectivity index (χ0v) is 13.5. The molecule has 0 heterocycles. The van der Waals surface area contributed by atoms with Crippen LogP contribution in [0.2, 0.25) is 5.02 Å². The van der Waals surface area contributed by atoms with Gasteiger partial charge in [0.05, 0.1) is 12.1 Å². The molecule has 0 atom stereocenters. The third kappa shape index (κ3) is 3.49. The summed E-state index contributed by atoms with van der Waals surface area (Å²) in [5.74, 6) is 0.580. The summed E-state index contributed by atoms with van der Waals surface area (Å²) in [6.45, 7) is 3.72.